The van der Waals surface area contributed by atoms with Gasteiger partial charge in [-0.05, 0) is 25.3 Å². The zero-order chi connectivity index (χ0) is 18.9. The van der Waals surface area contributed by atoms with Gasteiger partial charge < -0.3 is 14.2 Å². The van der Waals surface area contributed by atoms with E-state index in [2.05, 4.69) is 14.7 Å². The van der Waals surface area contributed by atoms with Crippen molar-refractivity contribution in [1.29, 1.82) is 0 Å². The number of rotatable bonds is 6. The second-order valence-electron chi connectivity index (χ2n) is 6.19. The van der Waals surface area contributed by atoms with Crippen LogP contribution in [0.4, 0.5) is 13.2 Å². The first-order chi connectivity index (χ1) is 12.3. The maximum atomic E-state index is 12.5. The van der Waals surface area contributed by atoms with Crippen LogP contribution in [0.25, 0.3) is 11.4 Å². The number of carbonyl (C=O) groups excluding carboxylic acids is 1. The minimum atomic E-state index is -4.67. The van der Waals surface area contributed by atoms with Gasteiger partial charge >= 0.3 is 12.1 Å². The van der Waals surface area contributed by atoms with Gasteiger partial charge in [0.1, 0.15) is 6.10 Å². The minimum Gasteiger partial charge on any atom is -0.372 e. The summed E-state index contributed by atoms with van der Waals surface area (Å²) in [5.74, 6) is -1.59. The van der Waals surface area contributed by atoms with E-state index in [1.165, 1.54) is 7.11 Å². The number of carbonyl (C=O) groups is 1. The first-order valence-corrected chi connectivity index (χ1v) is 8.13. The molecule has 0 spiro atoms. The molecule has 1 heterocycles. The smallest absolute Gasteiger partial charge is 0.372 e. The van der Waals surface area contributed by atoms with E-state index in [-0.39, 0.29) is 17.8 Å². The molecule has 0 bridgehead atoms. The lowest BCUT2D eigenvalue weighted by molar-refractivity contribution is -0.159. The minimum absolute atomic E-state index is 0.0768. The monoisotopic (exact) mass is 369 g/mol. The van der Waals surface area contributed by atoms with Crippen molar-refractivity contribution in [3.8, 4) is 11.4 Å². The van der Waals surface area contributed by atoms with Gasteiger partial charge in [-0.25, -0.2) is 0 Å². The van der Waals surface area contributed by atoms with Gasteiger partial charge in [-0.1, -0.05) is 29.4 Å². The highest BCUT2D eigenvalue weighted by Crippen LogP contribution is 2.31. The molecule has 1 aliphatic carbocycles. The van der Waals surface area contributed by atoms with Crippen LogP contribution in [0, 0.1) is 0 Å². The quantitative estimate of drug-likeness (QED) is 0.782. The van der Waals surface area contributed by atoms with E-state index < -0.39 is 18.2 Å². The molecule has 140 valence electrons. The van der Waals surface area contributed by atoms with Crippen LogP contribution < -0.4 is 0 Å². The number of methoxy groups -OCH3 is 1. The summed E-state index contributed by atoms with van der Waals surface area (Å²) in [7, 11) is 1.49. The van der Waals surface area contributed by atoms with Crippen LogP contribution >= 0.6 is 0 Å². The normalized spacial score (nSPS) is 15.7. The number of halogens is 3. The van der Waals surface area contributed by atoms with Gasteiger partial charge in [0, 0.05) is 25.3 Å². The Morgan fingerprint density at radius 1 is 1.35 bits per heavy atom. The molecule has 0 aliphatic heterocycles. The van der Waals surface area contributed by atoms with Crippen molar-refractivity contribution in [3.05, 3.63) is 35.7 Å². The number of amides is 1. The fraction of sp³-hybridized carbons (Fsp3) is 0.471. The van der Waals surface area contributed by atoms with Crippen LogP contribution in [0.3, 0.4) is 0 Å². The zero-order valence-electron chi connectivity index (χ0n) is 14.3. The molecule has 0 N–H and O–H groups in total. The summed E-state index contributed by atoms with van der Waals surface area (Å²) in [5.41, 5.74) is 1.26. The lowest BCUT2D eigenvalue weighted by atomic mass is 10.1. The van der Waals surface area contributed by atoms with Crippen molar-refractivity contribution in [1.82, 2.24) is 15.0 Å². The van der Waals surface area contributed by atoms with Crippen molar-refractivity contribution in [3.63, 3.8) is 0 Å². The molecule has 1 unspecified atom stereocenters. The van der Waals surface area contributed by atoms with E-state index in [0.29, 0.717) is 12.1 Å². The Morgan fingerprint density at radius 3 is 2.50 bits per heavy atom. The van der Waals surface area contributed by atoms with Crippen LogP contribution in [0.15, 0.2) is 28.8 Å². The third-order valence-electron chi connectivity index (χ3n) is 4.21. The fourth-order valence-corrected chi connectivity index (χ4v) is 2.52. The summed E-state index contributed by atoms with van der Waals surface area (Å²) in [6.45, 7) is 2.12. The number of nitrogens with zero attached hydrogens (tertiary/aromatic N) is 3. The van der Waals surface area contributed by atoms with Crippen LogP contribution in [-0.2, 0) is 22.3 Å². The van der Waals surface area contributed by atoms with Crippen molar-refractivity contribution in [2.75, 3.05) is 7.11 Å². The second-order valence-corrected chi connectivity index (χ2v) is 6.19. The number of alkyl halides is 3. The molecule has 1 atom stereocenters. The lowest BCUT2D eigenvalue weighted by Crippen LogP contribution is -2.39. The Bertz CT molecular complexity index is 770. The number of hydrogen-bond acceptors (Lipinski definition) is 5. The van der Waals surface area contributed by atoms with Crippen molar-refractivity contribution < 1.29 is 27.2 Å². The van der Waals surface area contributed by atoms with Gasteiger partial charge in [0.25, 0.3) is 5.91 Å². The predicted molar refractivity (Wildman–Crippen MR) is 84.8 cm³/mol. The SMILES string of the molecule is COC(C)C(=O)N(Cc1ccc(-c2noc(C(F)(F)F)n2)cc1)C1CC1. The Morgan fingerprint density at radius 2 is 2.00 bits per heavy atom. The average Bonchev–Trinajstić information content (AvgIpc) is 3.32. The number of benzene rings is 1. The highest BCUT2D eigenvalue weighted by Gasteiger charge is 2.38. The third kappa shape index (κ3) is 4.04. The van der Waals surface area contributed by atoms with Crippen molar-refractivity contribution in [2.24, 2.45) is 0 Å². The van der Waals surface area contributed by atoms with Gasteiger partial charge in [0.05, 0.1) is 0 Å². The van der Waals surface area contributed by atoms with E-state index in [4.69, 9.17) is 4.74 Å². The van der Waals surface area contributed by atoms with E-state index in [1.807, 2.05) is 0 Å². The molecule has 0 saturated heterocycles. The van der Waals surface area contributed by atoms with Gasteiger partial charge in [0.2, 0.25) is 5.82 Å². The topological polar surface area (TPSA) is 68.5 Å². The van der Waals surface area contributed by atoms with Crippen LogP contribution in [-0.4, -0.2) is 40.2 Å². The molecule has 0 radical (unpaired) electrons. The average molecular weight is 369 g/mol. The molecule has 3 rings (SSSR count). The standard InChI is InChI=1S/C17H18F3N3O3/c1-10(25-2)15(24)23(13-7-8-13)9-11-3-5-12(6-4-11)14-21-16(26-22-14)17(18,19)20/h3-6,10,13H,7-9H2,1-2H3. The van der Waals surface area contributed by atoms with E-state index in [0.717, 1.165) is 18.4 Å². The lowest BCUT2D eigenvalue weighted by Gasteiger charge is -2.25. The molecule has 1 aromatic carbocycles. The van der Waals surface area contributed by atoms with Crippen LogP contribution in [0.2, 0.25) is 0 Å². The molecule has 2 aromatic rings. The fourth-order valence-electron chi connectivity index (χ4n) is 2.52. The summed E-state index contributed by atoms with van der Waals surface area (Å²) in [6.07, 6.45) is -3.27. The number of ether oxygens (including phenoxy) is 1. The first kappa shape index (κ1) is 18.4. The third-order valence-corrected chi connectivity index (χ3v) is 4.21. The molecular formula is C17H18F3N3O3. The largest absolute Gasteiger partial charge is 0.471 e. The zero-order valence-corrected chi connectivity index (χ0v) is 14.3. The maximum Gasteiger partial charge on any atom is 0.471 e. The number of aromatic nitrogens is 2. The Hall–Kier alpha value is -2.42. The van der Waals surface area contributed by atoms with Crippen molar-refractivity contribution >= 4 is 5.91 Å². The van der Waals surface area contributed by atoms with Crippen molar-refractivity contribution in [2.45, 2.75) is 44.6 Å². The Labute approximate surface area is 147 Å². The van der Waals surface area contributed by atoms with Gasteiger partial charge in [-0.3, -0.25) is 4.79 Å². The number of hydrogen-bond donors (Lipinski definition) is 0. The van der Waals surface area contributed by atoms with E-state index in [9.17, 15) is 18.0 Å². The van der Waals surface area contributed by atoms with Gasteiger partial charge in [-0.2, -0.15) is 18.2 Å². The van der Waals surface area contributed by atoms with Crippen LogP contribution in [0.1, 0.15) is 31.2 Å². The summed E-state index contributed by atoms with van der Waals surface area (Å²) < 4.78 is 46.9. The first-order valence-electron chi connectivity index (χ1n) is 8.13. The summed E-state index contributed by atoms with van der Waals surface area (Å²) in [4.78, 5) is 17.5. The second kappa shape index (κ2) is 7.06. The van der Waals surface area contributed by atoms with E-state index >= 15 is 0 Å². The molecule has 1 aromatic heterocycles. The molecule has 1 aliphatic rings. The molecule has 1 fully saturated rings. The highest BCUT2D eigenvalue weighted by atomic mass is 19.4. The Balaban J connectivity index is 1.73. The Kier molecular flexibility index (Phi) is 4.99. The van der Waals surface area contributed by atoms with Crippen LogP contribution in [0.5, 0.6) is 0 Å². The highest BCUT2D eigenvalue weighted by molar-refractivity contribution is 5.81. The molecule has 1 amide bonds. The molecule has 1 saturated carbocycles. The maximum absolute atomic E-state index is 12.5. The predicted octanol–water partition coefficient (Wildman–Crippen LogP) is 3.28. The molecular weight excluding hydrogens is 351 g/mol. The van der Waals surface area contributed by atoms with E-state index in [1.54, 1.807) is 36.1 Å². The molecule has 9 heteroatoms. The molecule has 6 nitrogen and oxygen atoms in total. The van der Waals surface area contributed by atoms with Gasteiger partial charge in [-0.15, -0.1) is 0 Å². The van der Waals surface area contributed by atoms with Gasteiger partial charge in [0.15, 0.2) is 0 Å². The summed E-state index contributed by atoms with van der Waals surface area (Å²) in [6, 6.07) is 6.90. The summed E-state index contributed by atoms with van der Waals surface area (Å²) >= 11 is 0. The molecule has 26 heavy (non-hydrogen) atoms. The summed E-state index contributed by atoms with van der Waals surface area (Å²) in [5, 5.41) is 3.36.